The fourth-order valence-electron chi connectivity index (χ4n) is 2.25. The summed E-state index contributed by atoms with van der Waals surface area (Å²) >= 11 is 0. The monoisotopic (exact) mass is 125 g/mol. The maximum atomic E-state index is 2.60. The predicted octanol–water partition coefficient (Wildman–Crippen LogP) is 1.49. The van der Waals surface area contributed by atoms with Crippen LogP contribution in [0, 0.1) is 5.41 Å². The topological polar surface area (TPSA) is 3.24 Å². The second-order valence-electron chi connectivity index (χ2n) is 3.94. The van der Waals surface area contributed by atoms with Crippen molar-refractivity contribution in [2.45, 2.75) is 26.2 Å². The molecule has 2 atom stereocenters. The van der Waals surface area contributed by atoms with Gasteiger partial charge in [-0.2, -0.15) is 0 Å². The number of hydrogen-bond donors (Lipinski definition) is 0. The average Bonchev–Trinajstić information content (AvgIpc) is 2.07. The maximum Gasteiger partial charge on any atom is 0.00358 e. The first-order chi connectivity index (χ1) is 4.29. The fourth-order valence-corrected chi connectivity index (χ4v) is 2.25. The van der Waals surface area contributed by atoms with E-state index in [0.717, 1.165) is 5.41 Å². The van der Waals surface area contributed by atoms with Crippen LogP contribution in [0.3, 0.4) is 0 Å². The van der Waals surface area contributed by atoms with Crippen molar-refractivity contribution in [1.82, 2.24) is 4.90 Å². The van der Waals surface area contributed by atoms with E-state index in [1.54, 1.807) is 0 Å². The van der Waals surface area contributed by atoms with Crippen molar-refractivity contribution in [1.29, 1.82) is 0 Å². The van der Waals surface area contributed by atoms with Gasteiger partial charge in [0.15, 0.2) is 0 Å². The van der Waals surface area contributed by atoms with E-state index >= 15 is 0 Å². The van der Waals surface area contributed by atoms with Crippen molar-refractivity contribution in [2.75, 3.05) is 19.6 Å². The molecule has 0 amide bonds. The van der Waals surface area contributed by atoms with Crippen LogP contribution in [0.25, 0.3) is 0 Å². The Labute approximate surface area is 57.0 Å². The lowest BCUT2D eigenvalue weighted by Gasteiger charge is -2.29. The summed E-state index contributed by atoms with van der Waals surface area (Å²) < 4.78 is 0. The molecule has 2 heterocycles. The van der Waals surface area contributed by atoms with Crippen LogP contribution < -0.4 is 0 Å². The van der Waals surface area contributed by atoms with Crippen LogP contribution in [0.1, 0.15) is 26.2 Å². The number of fused-ring (bicyclic) bond motifs is 2. The molecule has 2 fully saturated rings. The fraction of sp³-hybridized carbons (Fsp3) is 1.00. The van der Waals surface area contributed by atoms with E-state index in [4.69, 9.17) is 0 Å². The highest BCUT2D eigenvalue weighted by molar-refractivity contribution is 4.89. The van der Waals surface area contributed by atoms with Gasteiger partial charge >= 0.3 is 0 Å². The van der Waals surface area contributed by atoms with Crippen LogP contribution in [0.5, 0.6) is 0 Å². The normalized spacial score (nSPS) is 49.7. The molecule has 0 spiro atoms. The molecular formula is C8H15N. The van der Waals surface area contributed by atoms with Crippen molar-refractivity contribution in [3.63, 3.8) is 0 Å². The van der Waals surface area contributed by atoms with Crippen LogP contribution in [0.4, 0.5) is 0 Å². The van der Waals surface area contributed by atoms with Crippen LogP contribution in [-0.4, -0.2) is 24.5 Å². The first-order valence-electron chi connectivity index (χ1n) is 4.01. The minimum Gasteiger partial charge on any atom is -0.303 e. The third-order valence-electron chi connectivity index (χ3n) is 2.89. The second kappa shape index (κ2) is 1.72. The zero-order valence-electron chi connectivity index (χ0n) is 6.19. The van der Waals surface area contributed by atoms with E-state index in [9.17, 15) is 0 Å². The van der Waals surface area contributed by atoms with Crippen LogP contribution in [0.2, 0.25) is 0 Å². The van der Waals surface area contributed by atoms with Gasteiger partial charge in [-0.05, 0) is 37.8 Å². The largest absolute Gasteiger partial charge is 0.303 e. The van der Waals surface area contributed by atoms with Gasteiger partial charge in [0.25, 0.3) is 0 Å². The molecule has 0 aromatic carbocycles. The van der Waals surface area contributed by atoms with Gasteiger partial charge in [-0.3, -0.25) is 0 Å². The Hall–Kier alpha value is -0.0400. The van der Waals surface area contributed by atoms with E-state index in [1.165, 1.54) is 38.9 Å². The standard InChI is InChI=1S/C8H15N/c1-8-3-2-5-9(7-8)6-4-8/h2-7H2,1H3. The molecule has 9 heavy (non-hydrogen) atoms. The molecule has 0 aromatic heterocycles. The van der Waals surface area contributed by atoms with E-state index < -0.39 is 0 Å². The molecule has 2 aliphatic heterocycles. The van der Waals surface area contributed by atoms with E-state index in [1.807, 2.05) is 0 Å². The zero-order chi connectivity index (χ0) is 6.32. The molecule has 0 aromatic rings. The number of rotatable bonds is 0. The summed E-state index contributed by atoms with van der Waals surface area (Å²) in [4.78, 5) is 2.60. The second-order valence-corrected chi connectivity index (χ2v) is 3.94. The molecule has 1 nitrogen and oxygen atoms in total. The van der Waals surface area contributed by atoms with E-state index in [2.05, 4.69) is 11.8 Å². The summed E-state index contributed by atoms with van der Waals surface area (Å²) in [6.07, 6.45) is 4.37. The van der Waals surface area contributed by atoms with Gasteiger partial charge in [-0.25, -0.2) is 0 Å². The van der Waals surface area contributed by atoms with E-state index in [0.29, 0.717) is 0 Å². The van der Waals surface area contributed by atoms with Gasteiger partial charge in [0.05, 0.1) is 0 Å². The quantitative estimate of drug-likeness (QED) is 0.474. The summed E-state index contributed by atoms with van der Waals surface area (Å²) in [5.74, 6) is 0. The van der Waals surface area contributed by atoms with Crippen molar-refractivity contribution >= 4 is 0 Å². The molecule has 1 heteroatoms. The Kier molecular flexibility index (Phi) is 1.10. The lowest BCUT2D eigenvalue weighted by molar-refractivity contribution is 0.200. The SMILES string of the molecule is CC12CCCN(CC1)C2. The summed E-state index contributed by atoms with van der Waals surface area (Å²) in [7, 11) is 0. The molecule has 2 rings (SSSR count). The number of piperidine rings is 1. The summed E-state index contributed by atoms with van der Waals surface area (Å²) in [5.41, 5.74) is 0.720. The third kappa shape index (κ3) is 0.877. The van der Waals surface area contributed by atoms with Crippen LogP contribution in [-0.2, 0) is 0 Å². The van der Waals surface area contributed by atoms with Gasteiger partial charge < -0.3 is 4.90 Å². The molecule has 52 valence electrons. The molecule has 0 N–H and O–H groups in total. The molecule has 2 unspecified atom stereocenters. The molecule has 2 aliphatic rings. The highest BCUT2D eigenvalue weighted by Crippen LogP contribution is 2.38. The third-order valence-corrected chi connectivity index (χ3v) is 2.89. The smallest absolute Gasteiger partial charge is 0.00358 e. The Morgan fingerprint density at radius 3 is 2.78 bits per heavy atom. The highest BCUT2D eigenvalue weighted by atomic mass is 15.2. The summed E-state index contributed by atoms with van der Waals surface area (Å²) in [6.45, 7) is 6.56. The zero-order valence-corrected chi connectivity index (χ0v) is 6.19. The summed E-state index contributed by atoms with van der Waals surface area (Å²) in [6, 6.07) is 0. The number of nitrogens with zero attached hydrogens (tertiary/aromatic N) is 1. The van der Waals surface area contributed by atoms with Crippen molar-refractivity contribution in [2.24, 2.45) is 5.41 Å². The van der Waals surface area contributed by atoms with Crippen LogP contribution in [0.15, 0.2) is 0 Å². The molecule has 2 saturated heterocycles. The molecule has 0 aliphatic carbocycles. The van der Waals surface area contributed by atoms with Gasteiger partial charge in [-0.15, -0.1) is 0 Å². The highest BCUT2D eigenvalue weighted by Gasteiger charge is 2.36. The Bertz CT molecular complexity index is 118. The van der Waals surface area contributed by atoms with E-state index in [-0.39, 0.29) is 0 Å². The first kappa shape index (κ1) is 5.72. The van der Waals surface area contributed by atoms with Gasteiger partial charge in [0.1, 0.15) is 0 Å². The molecule has 0 radical (unpaired) electrons. The molecular weight excluding hydrogens is 110 g/mol. The lowest BCUT2D eigenvalue weighted by atomic mass is 9.83. The first-order valence-corrected chi connectivity index (χ1v) is 4.01. The summed E-state index contributed by atoms with van der Waals surface area (Å²) in [5, 5.41) is 0. The molecule has 0 saturated carbocycles. The van der Waals surface area contributed by atoms with Crippen molar-refractivity contribution < 1.29 is 0 Å². The Morgan fingerprint density at radius 1 is 1.22 bits per heavy atom. The number of hydrogen-bond acceptors (Lipinski definition) is 1. The van der Waals surface area contributed by atoms with Gasteiger partial charge in [0.2, 0.25) is 0 Å². The maximum absolute atomic E-state index is 2.60. The van der Waals surface area contributed by atoms with Gasteiger partial charge in [-0.1, -0.05) is 6.92 Å². The van der Waals surface area contributed by atoms with Crippen molar-refractivity contribution in [3.8, 4) is 0 Å². The average molecular weight is 125 g/mol. The minimum absolute atomic E-state index is 0.720. The Balaban J connectivity index is 2.13. The molecule has 2 bridgehead atoms. The van der Waals surface area contributed by atoms with Crippen LogP contribution >= 0.6 is 0 Å². The lowest BCUT2D eigenvalue weighted by Crippen LogP contribution is -2.31. The predicted molar refractivity (Wildman–Crippen MR) is 38.4 cm³/mol. The minimum atomic E-state index is 0.720. The van der Waals surface area contributed by atoms with Gasteiger partial charge in [0, 0.05) is 6.54 Å². The Morgan fingerprint density at radius 2 is 2.11 bits per heavy atom. The van der Waals surface area contributed by atoms with Crippen molar-refractivity contribution in [3.05, 3.63) is 0 Å².